The van der Waals surface area contributed by atoms with Crippen LogP contribution in [0.4, 0.5) is 8.78 Å². The molecule has 2 N–H and O–H groups in total. The molecule has 2 bridgehead atoms. The fourth-order valence-electron chi connectivity index (χ4n) is 2.99. The van der Waals surface area contributed by atoms with Gasteiger partial charge in [0.15, 0.2) is 0 Å². The molecule has 16 heavy (non-hydrogen) atoms. The summed E-state index contributed by atoms with van der Waals surface area (Å²) in [7, 11) is 0. The minimum Gasteiger partial charge on any atom is -0.385 e. The molecule has 3 nitrogen and oxygen atoms in total. The van der Waals surface area contributed by atoms with Gasteiger partial charge in [0.25, 0.3) is 6.43 Å². The average Bonchev–Trinajstić information content (AvgIpc) is 2.86. The molecule has 0 heterocycles. The largest absolute Gasteiger partial charge is 0.385 e. The number of hydrogen-bond donors (Lipinski definition) is 2. The second-order valence-electron chi connectivity index (χ2n) is 4.93. The summed E-state index contributed by atoms with van der Waals surface area (Å²) in [6.07, 6.45) is -0.256. The SMILES string of the molecule is O=C(NCC(O)C(F)F)C1CC2CCC1C2. The molecule has 0 radical (unpaired) electrons. The fraction of sp³-hybridized carbons (Fsp3) is 0.909. The van der Waals surface area contributed by atoms with E-state index in [4.69, 9.17) is 5.11 Å². The van der Waals surface area contributed by atoms with Gasteiger partial charge in [-0.1, -0.05) is 6.42 Å². The second-order valence-corrected chi connectivity index (χ2v) is 4.93. The maximum absolute atomic E-state index is 12.0. The molecule has 0 saturated heterocycles. The van der Waals surface area contributed by atoms with E-state index < -0.39 is 12.5 Å². The van der Waals surface area contributed by atoms with Crippen molar-refractivity contribution in [2.45, 2.75) is 38.2 Å². The highest BCUT2D eigenvalue weighted by atomic mass is 19.3. The zero-order chi connectivity index (χ0) is 11.7. The van der Waals surface area contributed by atoms with Crippen LogP contribution < -0.4 is 5.32 Å². The van der Waals surface area contributed by atoms with Crippen molar-refractivity contribution in [2.75, 3.05) is 6.54 Å². The van der Waals surface area contributed by atoms with E-state index >= 15 is 0 Å². The van der Waals surface area contributed by atoms with Gasteiger partial charge in [-0.15, -0.1) is 0 Å². The molecule has 0 aromatic carbocycles. The molecule has 0 spiro atoms. The standard InChI is InChI=1S/C11H17F2NO2/c12-10(13)9(15)5-14-11(16)8-4-6-1-2-7(8)3-6/h6-10,15H,1-5H2,(H,14,16). The zero-order valence-electron chi connectivity index (χ0n) is 9.03. The van der Waals surface area contributed by atoms with Crippen LogP contribution in [0.3, 0.4) is 0 Å². The Labute approximate surface area is 93.2 Å². The normalized spacial score (nSPS) is 34.4. The lowest BCUT2D eigenvalue weighted by Gasteiger charge is -2.21. The third-order valence-corrected chi connectivity index (χ3v) is 3.85. The Morgan fingerprint density at radius 1 is 1.38 bits per heavy atom. The summed E-state index contributed by atoms with van der Waals surface area (Å²) in [6.45, 7) is -0.343. The Hall–Kier alpha value is -0.710. The van der Waals surface area contributed by atoms with E-state index in [9.17, 15) is 13.6 Å². The van der Waals surface area contributed by atoms with Crippen LogP contribution in [-0.4, -0.2) is 30.1 Å². The number of alkyl halides is 2. The lowest BCUT2D eigenvalue weighted by atomic mass is 9.88. The number of halogens is 2. The molecule has 2 rings (SSSR count). The van der Waals surface area contributed by atoms with Crippen LogP contribution in [0.15, 0.2) is 0 Å². The molecule has 0 aromatic rings. The highest BCUT2D eigenvalue weighted by Gasteiger charge is 2.43. The Kier molecular flexibility index (Phi) is 3.42. The van der Waals surface area contributed by atoms with Crippen LogP contribution in [0, 0.1) is 17.8 Å². The number of carbonyl (C=O) groups is 1. The van der Waals surface area contributed by atoms with E-state index in [1.165, 1.54) is 6.42 Å². The Bertz CT molecular complexity index is 273. The summed E-state index contributed by atoms with van der Waals surface area (Å²) in [5.74, 6) is 0.921. The van der Waals surface area contributed by atoms with Crippen LogP contribution in [-0.2, 0) is 4.79 Å². The van der Waals surface area contributed by atoms with Crippen LogP contribution in [0.2, 0.25) is 0 Å². The number of hydrogen-bond acceptors (Lipinski definition) is 2. The van der Waals surface area contributed by atoms with Crippen LogP contribution in [0.1, 0.15) is 25.7 Å². The minimum absolute atomic E-state index is 0.0105. The van der Waals surface area contributed by atoms with E-state index in [1.807, 2.05) is 0 Å². The maximum atomic E-state index is 12.0. The summed E-state index contributed by atoms with van der Waals surface area (Å²) in [5, 5.41) is 11.3. The third-order valence-electron chi connectivity index (χ3n) is 3.85. The van der Waals surface area contributed by atoms with Crippen molar-refractivity contribution in [1.82, 2.24) is 5.32 Å². The second kappa shape index (κ2) is 4.65. The minimum atomic E-state index is -2.79. The van der Waals surface area contributed by atoms with E-state index in [0.717, 1.165) is 19.3 Å². The molecule has 2 aliphatic rings. The zero-order valence-corrected chi connectivity index (χ0v) is 9.03. The monoisotopic (exact) mass is 233 g/mol. The molecule has 0 aliphatic heterocycles. The lowest BCUT2D eigenvalue weighted by molar-refractivity contribution is -0.127. The topological polar surface area (TPSA) is 49.3 Å². The predicted molar refractivity (Wildman–Crippen MR) is 54.0 cm³/mol. The number of aliphatic hydroxyl groups excluding tert-OH is 1. The van der Waals surface area contributed by atoms with Crippen molar-refractivity contribution < 1.29 is 18.7 Å². The molecule has 2 fully saturated rings. The summed E-state index contributed by atoms with van der Waals surface area (Å²) in [6, 6.07) is 0. The van der Waals surface area contributed by atoms with E-state index in [-0.39, 0.29) is 18.4 Å². The molecule has 4 atom stereocenters. The van der Waals surface area contributed by atoms with Gasteiger partial charge in [-0.2, -0.15) is 0 Å². The smallest absolute Gasteiger partial charge is 0.265 e. The molecule has 1 amide bonds. The Balaban J connectivity index is 1.76. The van der Waals surface area contributed by atoms with E-state index in [2.05, 4.69) is 5.32 Å². The van der Waals surface area contributed by atoms with E-state index in [0.29, 0.717) is 11.8 Å². The van der Waals surface area contributed by atoms with Gasteiger partial charge in [0, 0.05) is 12.5 Å². The summed E-state index contributed by atoms with van der Waals surface area (Å²) < 4.78 is 24.0. The van der Waals surface area contributed by atoms with E-state index in [1.54, 1.807) is 0 Å². The quantitative estimate of drug-likeness (QED) is 0.765. The van der Waals surface area contributed by atoms with Gasteiger partial charge < -0.3 is 10.4 Å². The van der Waals surface area contributed by atoms with Crippen molar-refractivity contribution in [1.29, 1.82) is 0 Å². The van der Waals surface area contributed by atoms with Gasteiger partial charge in [-0.25, -0.2) is 8.78 Å². The summed E-state index contributed by atoms with van der Waals surface area (Å²) in [5.41, 5.74) is 0. The van der Waals surface area contributed by atoms with Crippen LogP contribution >= 0.6 is 0 Å². The molecule has 2 aliphatic carbocycles. The number of carbonyl (C=O) groups excluding carboxylic acids is 1. The van der Waals surface area contributed by atoms with Crippen LogP contribution in [0.5, 0.6) is 0 Å². The predicted octanol–water partition coefficient (Wildman–Crippen LogP) is 1.16. The number of aliphatic hydroxyl groups is 1. The molecule has 0 aromatic heterocycles. The molecule has 5 heteroatoms. The molecule has 92 valence electrons. The summed E-state index contributed by atoms with van der Waals surface area (Å²) in [4.78, 5) is 11.7. The van der Waals surface area contributed by atoms with Crippen molar-refractivity contribution in [3.63, 3.8) is 0 Å². The first kappa shape index (κ1) is 11.8. The third kappa shape index (κ3) is 2.34. The first-order valence-electron chi connectivity index (χ1n) is 5.82. The first-order valence-corrected chi connectivity index (χ1v) is 5.82. The average molecular weight is 233 g/mol. The van der Waals surface area contributed by atoms with Gasteiger partial charge in [0.2, 0.25) is 5.91 Å². The molecular weight excluding hydrogens is 216 g/mol. The van der Waals surface area contributed by atoms with Gasteiger partial charge in [-0.05, 0) is 31.1 Å². The van der Waals surface area contributed by atoms with Crippen molar-refractivity contribution >= 4 is 5.91 Å². The number of fused-ring (bicyclic) bond motifs is 2. The van der Waals surface area contributed by atoms with Gasteiger partial charge in [0.05, 0.1) is 0 Å². The number of rotatable bonds is 4. The summed E-state index contributed by atoms with van der Waals surface area (Å²) >= 11 is 0. The Morgan fingerprint density at radius 2 is 2.12 bits per heavy atom. The van der Waals surface area contributed by atoms with Crippen molar-refractivity contribution in [3.05, 3.63) is 0 Å². The van der Waals surface area contributed by atoms with Crippen LogP contribution in [0.25, 0.3) is 0 Å². The number of amides is 1. The Morgan fingerprint density at radius 3 is 2.62 bits per heavy atom. The molecular formula is C11H17F2NO2. The maximum Gasteiger partial charge on any atom is 0.265 e. The number of nitrogens with one attached hydrogen (secondary N) is 1. The lowest BCUT2D eigenvalue weighted by Crippen LogP contribution is -2.40. The molecule has 4 unspecified atom stereocenters. The van der Waals surface area contributed by atoms with Crippen molar-refractivity contribution in [3.8, 4) is 0 Å². The van der Waals surface area contributed by atoms with Gasteiger partial charge >= 0.3 is 0 Å². The highest BCUT2D eigenvalue weighted by molar-refractivity contribution is 5.79. The van der Waals surface area contributed by atoms with Crippen molar-refractivity contribution in [2.24, 2.45) is 17.8 Å². The molecule has 2 saturated carbocycles. The first-order chi connectivity index (χ1) is 7.58. The highest BCUT2D eigenvalue weighted by Crippen LogP contribution is 2.48. The fourth-order valence-corrected chi connectivity index (χ4v) is 2.99. The van der Waals surface area contributed by atoms with Gasteiger partial charge in [-0.3, -0.25) is 4.79 Å². The van der Waals surface area contributed by atoms with Gasteiger partial charge in [0.1, 0.15) is 6.10 Å².